The molecule has 0 radical (unpaired) electrons. The summed E-state index contributed by atoms with van der Waals surface area (Å²) in [7, 11) is 0. The monoisotopic (exact) mass is 305 g/mol. The molecular formula is C14H12FN3O4. The molecule has 0 bridgehead atoms. The van der Waals surface area contributed by atoms with E-state index in [4.69, 9.17) is 4.74 Å². The Morgan fingerprint density at radius 2 is 2.05 bits per heavy atom. The lowest BCUT2D eigenvalue weighted by molar-refractivity contribution is -0.390. The third-order valence-corrected chi connectivity index (χ3v) is 2.71. The minimum atomic E-state index is -0.993. The molecule has 8 heteroatoms. The number of hydrogen-bond donors (Lipinski definition) is 1. The maximum absolute atomic E-state index is 12.8. The highest BCUT2D eigenvalue weighted by Gasteiger charge is 2.21. The van der Waals surface area contributed by atoms with Crippen LogP contribution in [0.5, 0.6) is 5.75 Å². The summed E-state index contributed by atoms with van der Waals surface area (Å²) in [5, 5.41) is 13.3. The Morgan fingerprint density at radius 1 is 1.36 bits per heavy atom. The van der Waals surface area contributed by atoms with E-state index in [2.05, 4.69) is 10.3 Å². The van der Waals surface area contributed by atoms with Crippen LogP contribution in [0.3, 0.4) is 0 Å². The highest BCUT2D eigenvalue weighted by molar-refractivity contribution is 5.94. The molecule has 0 saturated carbocycles. The Morgan fingerprint density at radius 3 is 2.68 bits per heavy atom. The molecule has 0 aliphatic heterocycles. The molecular weight excluding hydrogens is 293 g/mol. The molecule has 1 aromatic heterocycles. The van der Waals surface area contributed by atoms with Crippen LogP contribution in [0.25, 0.3) is 0 Å². The van der Waals surface area contributed by atoms with Crippen molar-refractivity contribution in [1.82, 2.24) is 4.98 Å². The fraction of sp³-hybridized carbons (Fsp3) is 0.143. The van der Waals surface area contributed by atoms with Gasteiger partial charge < -0.3 is 20.2 Å². The topological polar surface area (TPSA) is 94.4 Å². The third-order valence-electron chi connectivity index (χ3n) is 2.71. The molecule has 7 nitrogen and oxygen atoms in total. The van der Waals surface area contributed by atoms with E-state index >= 15 is 0 Å². The number of amides is 1. The summed E-state index contributed by atoms with van der Waals surface area (Å²) in [4.78, 5) is 25.7. The molecule has 2 aromatic rings. The molecule has 22 heavy (non-hydrogen) atoms. The van der Waals surface area contributed by atoms with Crippen LogP contribution in [-0.2, 0) is 4.79 Å². The van der Waals surface area contributed by atoms with Gasteiger partial charge in [0, 0.05) is 5.69 Å². The number of nitrogens with zero attached hydrogens (tertiary/aromatic N) is 2. The Balaban J connectivity index is 2.05. The number of halogens is 1. The van der Waals surface area contributed by atoms with E-state index < -0.39 is 28.6 Å². The summed E-state index contributed by atoms with van der Waals surface area (Å²) in [5.74, 6) is -1.52. The molecule has 2 rings (SSSR count). The number of anilines is 1. The average Bonchev–Trinajstić information content (AvgIpc) is 2.49. The highest BCUT2D eigenvalue weighted by Crippen LogP contribution is 2.24. The lowest BCUT2D eigenvalue weighted by Gasteiger charge is -2.14. The van der Waals surface area contributed by atoms with Gasteiger partial charge in [0.1, 0.15) is 12.0 Å². The van der Waals surface area contributed by atoms with Crippen LogP contribution in [0.4, 0.5) is 15.9 Å². The van der Waals surface area contributed by atoms with Crippen LogP contribution < -0.4 is 10.1 Å². The van der Waals surface area contributed by atoms with Gasteiger partial charge in [-0.3, -0.25) is 4.79 Å². The van der Waals surface area contributed by atoms with Crippen molar-refractivity contribution in [1.29, 1.82) is 0 Å². The molecule has 0 aliphatic rings. The Hall–Kier alpha value is -3.03. The van der Waals surface area contributed by atoms with Gasteiger partial charge in [0.2, 0.25) is 5.75 Å². The van der Waals surface area contributed by atoms with Gasteiger partial charge in [0.25, 0.3) is 5.91 Å². The molecule has 0 saturated heterocycles. The van der Waals surface area contributed by atoms with Crippen LogP contribution in [0.15, 0.2) is 42.6 Å². The van der Waals surface area contributed by atoms with E-state index in [9.17, 15) is 19.3 Å². The number of nitrogens with one attached hydrogen (secondary N) is 1. The smallest absolute Gasteiger partial charge is 0.406 e. The van der Waals surface area contributed by atoms with Gasteiger partial charge in [0.05, 0.1) is 0 Å². The van der Waals surface area contributed by atoms with Gasteiger partial charge in [0.15, 0.2) is 6.10 Å². The molecule has 1 N–H and O–H groups in total. The fourth-order valence-corrected chi connectivity index (χ4v) is 1.63. The average molecular weight is 305 g/mol. The largest absolute Gasteiger partial charge is 0.473 e. The predicted molar refractivity (Wildman–Crippen MR) is 76.0 cm³/mol. The van der Waals surface area contributed by atoms with Gasteiger partial charge in [-0.05, 0) is 53.2 Å². The van der Waals surface area contributed by atoms with Gasteiger partial charge in [-0.2, -0.15) is 0 Å². The van der Waals surface area contributed by atoms with E-state index in [1.165, 1.54) is 49.5 Å². The number of aromatic nitrogens is 1. The molecule has 0 fully saturated rings. The maximum atomic E-state index is 12.8. The Labute approximate surface area is 124 Å². The van der Waals surface area contributed by atoms with Crippen LogP contribution >= 0.6 is 0 Å². The van der Waals surface area contributed by atoms with E-state index in [0.717, 1.165) is 0 Å². The second-order valence-corrected chi connectivity index (χ2v) is 4.34. The number of ether oxygens (including phenoxy) is 1. The highest BCUT2D eigenvalue weighted by atomic mass is 19.1. The van der Waals surface area contributed by atoms with E-state index in [-0.39, 0.29) is 5.75 Å². The minimum absolute atomic E-state index is 0.103. The minimum Gasteiger partial charge on any atom is -0.473 e. The lowest BCUT2D eigenvalue weighted by Crippen LogP contribution is -2.30. The molecule has 1 heterocycles. The molecule has 114 valence electrons. The normalized spacial score (nSPS) is 11.5. The van der Waals surface area contributed by atoms with Crippen LogP contribution in [0.2, 0.25) is 0 Å². The lowest BCUT2D eigenvalue weighted by atomic mass is 10.3. The van der Waals surface area contributed by atoms with Crippen molar-refractivity contribution < 1.29 is 18.8 Å². The van der Waals surface area contributed by atoms with Crippen molar-refractivity contribution in [3.63, 3.8) is 0 Å². The first kappa shape index (κ1) is 15.4. The number of hydrogen-bond acceptors (Lipinski definition) is 5. The third kappa shape index (κ3) is 3.75. The molecule has 0 aliphatic carbocycles. The predicted octanol–water partition coefficient (Wildman–Crippen LogP) is 2.53. The standard InChI is InChI=1S/C14H12FN3O4/c1-9(14(19)17-11-6-4-10(15)5-7-11)22-12-3-2-8-16-13(12)18(20)21/h2-9H,1H3,(H,17,19)/t9-/m0/s1. The zero-order valence-corrected chi connectivity index (χ0v) is 11.5. The number of rotatable bonds is 5. The number of carbonyl (C=O) groups excluding carboxylic acids is 1. The van der Waals surface area contributed by atoms with Gasteiger partial charge >= 0.3 is 5.82 Å². The quantitative estimate of drug-likeness (QED) is 0.676. The first-order valence-corrected chi connectivity index (χ1v) is 6.30. The van der Waals surface area contributed by atoms with E-state index in [1.807, 2.05) is 0 Å². The first-order chi connectivity index (χ1) is 10.5. The second-order valence-electron chi connectivity index (χ2n) is 4.34. The first-order valence-electron chi connectivity index (χ1n) is 6.30. The SMILES string of the molecule is C[C@H](Oc1cccnc1[N+](=O)[O-])C(=O)Nc1ccc(F)cc1. The summed E-state index contributed by atoms with van der Waals surface area (Å²) in [6, 6.07) is 8.01. The van der Waals surface area contributed by atoms with Crippen molar-refractivity contribution in [2.45, 2.75) is 13.0 Å². The van der Waals surface area contributed by atoms with E-state index in [1.54, 1.807) is 0 Å². The van der Waals surface area contributed by atoms with Crippen LogP contribution in [0, 0.1) is 15.9 Å². The summed E-state index contributed by atoms with van der Waals surface area (Å²) >= 11 is 0. The second kappa shape index (κ2) is 6.61. The van der Waals surface area contributed by atoms with E-state index in [0.29, 0.717) is 5.69 Å². The maximum Gasteiger partial charge on any atom is 0.406 e. The van der Waals surface area contributed by atoms with Crippen molar-refractivity contribution in [2.75, 3.05) is 5.32 Å². The molecule has 0 unspecified atom stereocenters. The molecule has 1 aromatic carbocycles. The van der Waals surface area contributed by atoms with Crippen LogP contribution in [0.1, 0.15) is 6.92 Å². The number of nitro groups is 1. The number of pyridine rings is 1. The molecule has 0 spiro atoms. The molecule has 1 atom stereocenters. The summed E-state index contributed by atoms with van der Waals surface area (Å²) in [5.41, 5.74) is 0.391. The summed E-state index contributed by atoms with van der Waals surface area (Å²) in [6.45, 7) is 1.44. The van der Waals surface area contributed by atoms with Gasteiger partial charge in [-0.15, -0.1) is 0 Å². The summed E-state index contributed by atoms with van der Waals surface area (Å²) < 4.78 is 18.1. The number of benzene rings is 1. The van der Waals surface area contributed by atoms with Crippen molar-refractivity contribution in [3.05, 3.63) is 58.5 Å². The molecule has 1 amide bonds. The van der Waals surface area contributed by atoms with Gasteiger partial charge in [-0.1, -0.05) is 0 Å². The Kier molecular flexibility index (Phi) is 4.62. The van der Waals surface area contributed by atoms with Crippen LogP contribution in [-0.4, -0.2) is 21.9 Å². The number of carbonyl (C=O) groups is 1. The summed E-state index contributed by atoms with van der Waals surface area (Å²) in [6.07, 6.45) is 0.266. The van der Waals surface area contributed by atoms with Gasteiger partial charge in [-0.25, -0.2) is 4.39 Å². The zero-order chi connectivity index (χ0) is 16.1. The van der Waals surface area contributed by atoms with Crippen molar-refractivity contribution in [2.24, 2.45) is 0 Å². The van der Waals surface area contributed by atoms with Crippen molar-refractivity contribution >= 4 is 17.4 Å². The Bertz CT molecular complexity index is 691. The zero-order valence-electron chi connectivity index (χ0n) is 11.5. The fourth-order valence-electron chi connectivity index (χ4n) is 1.63. The van der Waals surface area contributed by atoms with Crippen molar-refractivity contribution in [3.8, 4) is 5.75 Å².